The number of Topliss-reactive ketones (excluding diaryl/α,β-unsaturated/α-hetero) is 1. The summed E-state index contributed by atoms with van der Waals surface area (Å²) in [7, 11) is 0. The van der Waals surface area contributed by atoms with Crippen molar-refractivity contribution >= 4 is 17.7 Å². The van der Waals surface area contributed by atoms with Gasteiger partial charge in [0.25, 0.3) is 0 Å². The molecule has 0 amide bonds. The molecule has 0 heterocycles. The second kappa shape index (κ2) is 9.41. The fourth-order valence-electron chi connectivity index (χ4n) is 4.93. The Morgan fingerprint density at radius 3 is 2.43 bits per heavy atom. The Balaban J connectivity index is 2.21. The van der Waals surface area contributed by atoms with Crippen LogP contribution in [0.5, 0.6) is 0 Å². The highest BCUT2D eigenvalue weighted by molar-refractivity contribution is 5.91. The van der Waals surface area contributed by atoms with Crippen molar-refractivity contribution in [1.29, 1.82) is 5.39 Å². The van der Waals surface area contributed by atoms with Gasteiger partial charge in [-0.1, -0.05) is 26.3 Å². The molecule has 8 heteroatoms. The van der Waals surface area contributed by atoms with Gasteiger partial charge in [-0.05, 0) is 31.1 Å². The van der Waals surface area contributed by atoms with Crippen LogP contribution in [0.2, 0.25) is 0 Å². The third-order valence-corrected chi connectivity index (χ3v) is 6.46. The number of diazo groups is 1. The Morgan fingerprint density at radius 2 is 1.93 bits per heavy atom. The normalized spacial score (nSPS) is 28.5. The van der Waals surface area contributed by atoms with Gasteiger partial charge in [-0.2, -0.15) is 0 Å². The number of ether oxygens (including phenoxy) is 2. The summed E-state index contributed by atoms with van der Waals surface area (Å²) in [6, 6.07) is 0. The lowest BCUT2D eigenvalue weighted by Gasteiger charge is -2.22. The first kappa shape index (κ1) is 23.6. The molecule has 2 saturated carbocycles. The number of aliphatic hydroxyl groups is 1. The smallest absolute Gasteiger partial charge is 0.505 e. The Labute approximate surface area is 176 Å². The molecule has 2 aliphatic rings. The van der Waals surface area contributed by atoms with Gasteiger partial charge in [-0.3, -0.25) is 9.59 Å². The first-order chi connectivity index (χ1) is 14.1. The monoisotopic (exact) mass is 419 g/mol. The highest BCUT2D eigenvalue weighted by atomic mass is 16.5. The molecule has 164 valence electrons. The number of carbonyl (C=O) groups excluding carboxylic acids is 3. The average Bonchev–Trinajstić information content (AvgIpc) is 3.01. The van der Waals surface area contributed by atoms with Crippen LogP contribution in [0, 0.1) is 34.5 Å². The molecule has 0 aromatic rings. The molecule has 2 rings (SSSR count). The summed E-state index contributed by atoms with van der Waals surface area (Å²) in [5, 5.41) is 19.7. The van der Waals surface area contributed by atoms with Gasteiger partial charge in [0, 0.05) is 31.1 Å². The van der Waals surface area contributed by atoms with E-state index in [1.54, 1.807) is 6.92 Å². The maximum atomic E-state index is 13.1. The quantitative estimate of drug-likeness (QED) is 0.198. The summed E-state index contributed by atoms with van der Waals surface area (Å²) < 4.78 is 10.3. The fraction of sp³-hybridized carbons (Fsp3) is 0.682. The molecule has 0 spiro atoms. The number of allylic oxidation sites excluding steroid dienone is 2. The summed E-state index contributed by atoms with van der Waals surface area (Å²) in [5.74, 6) is -3.05. The fourth-order valence-corrected chi connectivity index (χ4v) is 4.93. The van der Waals surface area contributed by atoms with E-state index in [0.29, 0.717) is 19.3 Å². The van der Waals surface area contributed by atoms with Crippen LogP contribution < -0.4 is 0 Å². The number of nitrogens with zero attached hydrogens (tertiary/aromatic N) is 2. The zero-order valence-electron chi connectivity index (χ0n) is 18.1. The summed E-state index contributed by atoms with van der Waals surface area (Å²) in [4.78, 5) is 39.6. The first-order valence-corrected chi connectivity index (χ1v) is 10.4. The summed E-state index contributed by atoms with van der Waals surface area (Å²) in [5.41, 5.74) is -0.695. The van der Waals surface area contributed by atoms with E-state index in [4.69, 9.17) is 9.47 Å². The van der Waals surface area contributed by atoms with Crippen LogP contribution in [0.25, 0.3) is 4.98 Å². The van der Waals surface area contributed by atoms with E-state index in [1.807, 2.05) is 19.9 Å². The Morgan fingerprint density at radius 1 is 1.30 bits per heavy atom. The minimum absolute atomic E-state index is 0.00521. The minimum atomic E-state index is -0.943. The van der Waals surface area contributed by atoms with Crippen molar-refractivity contribution in [2.75, 3.05) is 6.61 Å². The van der Waals surface area contributed by atoms with Crippen molar-refractivity contribution in [3.05, 3.63) is 29.1 Å². The van der Waals surface area contributed by atoms with Crippen molar-refractivity contribution in [3.63, 3.8) is 0 Å². The van der Waals surface area contributed by atoms with E-state index in [1.165, 1.54) is 6.92 Å². The SMILES string of the molecule is C=C[C@H]1[C@@H]([C@H](CC(=O)[C@@H]2CCC[C@H]2/C(O)=C(\[N+]#N)C(=O)OCC)OC(C)=O)C1(C)C. The Bertz CT molecular complexity index is 794. The van der Waals surface area contributed by atoms with Gasteiger partial charge in [0.15, 0.2) is 4.98 Å². The molecule has 2 aliphatic carbocycles. The second-order valence-electron chi connectivity index (χ2n) is 8.63. The maximum absolute atomic E-state index is 13.1. The van der Waals surface area contributed by atoms with Gasteiger partial charge < -0.3 is 14.6 Å². The number of hydrogen-bond donors (Lipinski definition) is 1. The van der Waals surface area contributed by atoms with Gasteiger partial charge in [0.1, 0.15) is 11.9 Å². The van der Waals surface area contributed by atoms with Crippen molar-refractivity contribution in [2.24, 2.45) is 29.1 Å². The molecule has 1 N–H and O–H groups in total. The molecule has 0 unspecified atom stereocenters. The largest absolute Gasteiger partial charge is 0.505 e. The van der Waals surface area contributed by atoms with E-state index >= 15 is 0 Å². The molecule has 0 aromatic heterocycles. The van der Waals surface area contributed by atoms with Crippen LogP contribution in [0.3, 0.4) is 0 Å². The van der Waals surface area contributed by atoms with E-state index in [0.717, 1.165) is 0 Å². The lowest BCUT2D eigenvalue weighted by atomic mass is 9.86. The third kappa shape index (κ3) is 4.72. The molecule has 0 radical (unpaired) electrons. The minimum Gasteiger partial charge on any atom is -0.505 e. The molecule has 0 aliphatic heterocycles. The van der Waals surface area contributed by atoms with Crippen LogP contribution in [-0.2, 0) is 23.9 Å². The molecule has 2 fully saturated rings. The second-order valence-corrected chi connectivity index (χ2v) is 8.63. The first-order valence-electron chi connectivity index (χ1n) is 10.4. The van der Waals surface area contributed by atoms with Crippen LogP contribution in [0.4, 0.5) is 0 Å². The van der Waals surface area contributed by atoms with E-state index < -0.39 is 41.3 Å². The molecular formula is C22H31N2O6+. The zero-order chi connectivity index (χ0) is 22.6. The average molecular weight is 419 g/mol. The number of aliphatic hydroxyl groups excluding tert-OH is 1. The Hall–Kier alpha value is -2.69. The summed E-state index contributed by atoms with van der Waals surface area (Å²) >= 11 is 0. The maximum Gasteiger partial charge on any atom is 0.505 e. The molecule has 8 nitrogen and oxygen atoms in total. The summed E-state index contributed by atoms with van der Waals surface area (Å²) in [6.45, 7) is 10.9. The summed E-state index contributed by atoms with van der Waals surface area (Å²) in [6.07, 6.45) is 2.95. The van der Waals surface area contributed by atoms with Crippen molar-refractivity contribution in [1.82, 2.24) is 0 Å². The van der Waals surface area contributed by atoms with Crippen molar-refractivity contribution < 1.29 is 29.0 Å². The number of ketones is 1. The molecule has 30 heavy (non-hydrogen) atoms. The van der Waals surface area contributed by atoms with Crippen LogP contribution >= 0.6 is 0 Å². The molecule has 0 saturated heterocycles. The van der Waals surface area contributed by atoms with Gasteiger partial charge in [-0.25, -0.2) is 4.79 Å². The van der Waals surface area contributed by atoms with Gasteiger partial charge in [0.2, 0.25) is 11.2 Å². The van der Waals surface area contributed by atoms with E-state index in [2.05, 4.69) is 11.6 Å². The highest BCUT2D eigenvalue weighted by Gasteiger charge is 2.61. The van der Waals surface area contributed by atoms with Crippen molar-refractivity contribution in [3.8, 4) is 0 Å². The number of esters is 2. The topological polar surface area (TPSA) is 118 Å². The lowest BCUT2D eigenvalue weighted by molar-refractivity contribution is -0.150. The molecule has 0 bridgehead atoms. The number of hydrogen-bond acceptors (Lipinski definition) is 7. The van der Waals surface area contributed by atoms with E-state index in [9.17, 15) is 24.9 Å². The molecule has 5 atom stereocenters. The van der Waals surface area contributed by atoms with Gasteiger partial charge in [0.05, 0.1) is 6.61 Å². The zero-order valence-corrected chi connectivity index (χ0v) is 18.1. The number of rotatable bonds is 9. The predicted molar refractivity (Wildman–Crippen MR) is 108 cm³/mol. The van der Waals surface area contributed by atoms with E-state index in [-0.39, 0.29) is 36.1 Å². The van der Waals surface area contributed by atoms with Crippen LogP contribution in [-0.4, -0.2) is 35.5 Å². The number of carbonyl (C=O) groups is 3. The third-order valence-electron chi connectivity index (χ3n) is 6.46. The molecule has 0 aromatic carbocycles. The highest BCUT2D eigenvalue weighted by Crippen LogP contribution is 2.61. The van der Waals surface area contributed by atoms with Gasteiger partial charge >= 0.3 is 17.6 Å². The Kier molecular flexibility index (Phi) is 7.40. The molecular weight excluding hydrogens is 388 g/mol. The lowest BCUT2D eigenvalue weighted by Crippen LogP contribution is -2.30. The standard InChI is InChI=1S/C22H30N2O6/c1-6-15-18(22(15,4)5)17(30-12(3)25)11-16(26)13-9-8-10-14(13)20(27)19(24-23)21(28)29-7-2/h6,13-15,17-18H,1,7-11H2,2-5H3/p+1/t13-,14-,15+,17+,18+/m1/s1. The van der Waals surface area contributed by atoms with Crippen molar-refractivity contribution in [2.45, 2.75) is 59.5 Å². The predicted octanol–water partition coefficient (Wildman–Crippen LogP) is 3.94. The van der Waals surface area contributed by atoms with Crippen LogP contribution in [0.15, 0.2) is 24.1 Å². The van der Waals surface area contributed by atoms with Crippen LogP contribution in [0.1, 0.15) is 53.4 Å². The van der Waals surface area contributed by atoms with Gasteiger partial charge in [-0.15, -0.1) is 6.58 Å².